The van der Waals surface area contributed by atoms with Crippen LogP contribution < -0.4 is 9.47 Å². The first-order chi connectivity index (χ1) is 12.9. The highest BCUT2D eigenvalue weighted by molar-refractivity contribution is 9.10. The number of carbonyl (C=O) groups is 2. The fraction of sp³-hybridized carbons (Fsp3) is 0.100. The lowest BCUT2D eigenvalue weighted by atomic mass is 10.1. The van der Waals surface area contributed by atoms with Gasteiger partial charge in [-0.2, -0.15) is 0 Å². The number of hydrogen-bond acceptors (Lipinski definition) is 5. The predicted molar refractivity (Wildman–Crippen MR) is 106 cm³/mol. The third kappa shape index (κ3) is 4.40. The molecule has 1 aliphatic heterocycles. The van der Waals surface area contributed by atoms with E-state index < -0.39 is 11.9 Å². The second-order valence-corrected chi connectivity index (χ2v) is 6.92. The highest BCUT2D eigenvalue weighted by Gasteiger charge is 2.22. The number of halogens is 2. The van der Waals surface area contributed by atoms with Crippen molar-refractivity contribution in [3.05, 3.63) is 68.7 Å². The minimum atomic E-state index is -0.463. The van der Waals surface area contributed by atoms with E-state index in [1.807, 2.05) is 0 Å². The standard InChI is InChI=1S/C20H14BrClO5/c1-11(23)26-19-16(21)8-12(9-18(19)25-2)7-14-10-17(27-20(14)24)13-3-5-15(22)6-4-13/h3-10H,1-2H3. The van der Waals surface area contributed by atoms with Crippen LogP contribution in [0.1, 0.15) is 18.1 Å². The number of rotatable bonds is 4. The van der Waals surface area contributed by atoms with Crippen LogP contribution in [0.5, 0.6) is 11.5 Å². The van der Waals surface area contributed by atoms with Crippen molar-refractivity contribution in [2.24, 2.45) is 0 Å². The normalized spacial score (nSPS) is 14.7. The summed E-state index contributed by atoms with van der Waals surface area (Å²) in [5, 5.41) is 0.601. The number of benzene rings is 2. The van der Waals surface area contributed by atoms with Crippen molar-refractivity contribution >= 4 is 51.3 Å². The quantitative estimate of drug-likeness (QED) is 0.373. The van der Waals surface area contributed by atoms with Crippen LogP contribution in [-0.4, -0.2) is 19.0 Å². The van der Waals surface area contributed by atoms with Gasteiger partial charge >= 0.3 is 11.9 Å². The highest BCUT2D eigenvalue weighted by atomic mass is 79.9. The highest BCUT2D eigenvalue weighted by Crippen LogP contribution is 2.38. The summed E-state index contributed by atoms with van der Waals surface area (Å²) in [6.07, 6.45) is 3.32. The summed E-state index contributed by atoms with van der Waals surface area (Å²) in [6.45, 7) is 1.30. The maximum absolute atomic E-state index is 12.2. The molecule has 0 fully saturated rings. The molecule has 3 rings (SSSR count). The maximum Gasteiger partial charge on any atom is 0.343 e. The van der Waals surface area contributed by atoms with E-state index in [0.717, 1.165) is 5.56 Å². The molecule has 138 valence electrons. The Hall–Kier alpha value is -2.57. The van der Waals surface area contributed by atoms with Crippen LogP contribution in [0.3, 0.4) is 0 Å². The topological polar surface area (TPSA) is 61.8 Å². The van der Waals surface area contributed by atoms with Gasteiger partial charge in [0.25, 0.3) is 0 Å². The largest absolute Gasteiger partial charge is 0.493 e. The Morgan fingerprint density at radius 1 is 1.22 bits per heavy atom. The van der Waals surface area contributed by atoms with E-state index in [4.69, 9.17) is 25.8 Å². The fourth-order valence-corrected chi connectivity index (χ4v) is 3.16. The van der Waals surface area contributed by atoms with Gasteiger partial charge in [0, 0.05) is 17.5 Å². The van der Waals surface area contributed by atoms with Crippen LogP contribution in [0.4, 0.5) is 0 Å². The Morgan fingerprint density at radius 2 is 1.93 bits per heavy atom. The van der Waals surface area contributed by atoms with Gasteiger partial charge in [-0.15, -0.1) is 0 Å². The molecule has 5 nitrogen and oxygen atoms in total. The molecule has 1 aliphatic rings. The molecule has 0 aliphatic carbocycles. The number of ether oxygens (including phenoxy) is 3. The van der Waals surface area contributed by atoms with Gasteiger partial charge in [0.15, 0.2) is 11.5 Å². The molecule has 0 unspecified atom stereocenters. The van der Waals surface area contributed by atoms with E-state index in [0.29, 0.717) is 32.1 Å². The summed E-state index contributed by atoms with van der Waals surface area (Å²) in [5.74, 6) is 0.165. The first-order valence-corrected chi connectivity index (χ1v) is 9.02. The molecule has 0 bridgehead atoms. The second kappa shape index (κ2) is 7.98. The van der Waals surface area contributed by atoms with Crippen LogP contribution in [0.2, 0.25) is 5.02 Å². The van der Waals surface area contributed by atoms with Crippen LogP contribution in [0.15, 0.2) is 52.5 Å². The molecule has 0 saturated heterocycles. The predicted octanol–water partition coefficient (Wildman–Crippen LogP) is 5.02. The van der Waals surface area contributed by atoms with Gasteiger partial charge in [-0.05, 0) is 70.0 Å². The smallest absolute Gasteiger partial charge is 0.343 e. The Balaban J connectivity index is 1.96. The zero-order valence-corrected chi connectivity index (χ0v) is 16.8. The molecule has 0 N–H and O–H groups in total. The van der Waals surface area contributed by atoms with E-state index in [9.17, 15) is 9.59 Å². The molecule has 2 aromatic rings. The SMILES string of the molecule is COc1cc(C=C2C=C(c3ccc(Cl)cc3)OC2=O)cc(Br)c1OC(C)=O. The van der Waals surface area contributed by atoms with Crippen LogP contribution in [0, 0.1) is 0 Å². The van der Waals surface area contributed by atoms with Gasteiger partial charge in [-0.25, -0.2) is 4.79 Å². The molecule has 0 aromatic heterocycles. The lowest BCUT2D eigenvalue weighted by Crippen LogP contribution is -2.04. The third-order valence-electron chi connectivity index (χ3n) is 3.67. The van der Waals surface area contributed by atoms with Gasteiger partial charge < -0.3 is 14.2 Å². The summed E-state index contributed by atoms with van der Waals surface area (Å²) in [7, 11) is 1.47. The molecule has 0 atom stereocenters. The van der Waals surface area contributed by atoms with Crippen molar-refractivity contribution < 1.29 is 23.8 Å². The van der Waals surface area contributed by atoms with Gasteiger partial charge in [0.1, 0.15) is 5.76 Å². The Morgan fingerprint density at radius 3 is 2.56 bits per heavy atom. The summed E-state index contributed by atoms with van der Waals surface area (Å²) >= 11 is 9.24. The van der Waals surface area contributed by atoms with Gasteiger partial charge in [-0.3, -0.25) is 4.79 Å². The monoisotopic (exact) mass is 448 g/mol. The number of hydrogen-bond donors (Lipinski definition) is 0. The molecule has 27 heavy (non-hydrogen) atoms. The van der Waals surface area contributed by atoms with Gasteiger partial charge in [0.05, 0.1) is 17.2 Å². The van der Waals surface area contributed by atoms with Crippen LogP contribution in [0.25, 0.3) is 11.8 Å². The summed E-state index contributed by atoms with van der Waals surface area (Å²) < 4.78 is 16.3. The zero-order chi connectivity index (χ0) is 19.6. The number of methoxy groups -OCH3 is 1. The number of esters is 2. The van der Waals surface area contributed by atoms with E-state index in [2.05, 4.69) is 15.9 Å². The second-order valence-electron chi connectivity index (χ2n) is 5.63. The van der Waals surface area contributed by atoms with E-state index in [1.165, 1.54) is 14.0 Å². The maximum atomic E-state index is 12.2. The summed E-state index contributed by atoms with van der Waals surface area (Å²) in [6, 6.07) is 10.4. The van der Waals surface area contributed by atoms with Crippen molar-refractivity contribution in [1.82, 2.24) is 0 Å². The molecule has 0 spiro atoms. The lowest BCUT2D eigenvalue weighted by Gasteiger charge is -2.11. The minimum absolute atomic E-state index is 0.276. The molecule has 7 heteroatoms. The Labute approximate surface area is 169 Å². The first kappa shape index (κ1) is 19.2. The molecule has 2 aromatic carbocycles. The third-order valence-corrected chi connectivity index (χ3v) is 4.51. The van der Waals surface area contributed by atoms with Crippen molar-refractivity contribution in [2.75, 3.05) is 7.11 Å². The lowest BCUT2D eigenvalue weighted by molar-refractivity contribution is -0.132. The zero-order valence-electron chi connectivity index (χ0n) is 14.4. The molecule has 0 radical (unpaired) electrons. The minimum Gasteiger partial charge on any atom is -0.493 e. The number of cyclic esters (lactones) is 1. The van der Waals surface area contributed by atoms with E-state index in [1.54, 1.807) is 48.6 Å². The fourth-order valence-electron chi connectivity index (χ4n) is 2.49. The van der Waals surface area contributed by atoms with E-state index in [-0.39, 0.29) is 5.75 Å². The average molecular weight is 450 g/mol. The van der Waals surface area contributed by atoms with Crippen molar-refractivity contribution in [1.29, 1.82) is 0 Å². The Bertz CT molecular complexity index is 977. The molecular formula is C20H14BrClO5. The summed E-state index contributed by atoms with van der Waals surface area (Å²) in [5.41, 5.74) is 1.81. The molecule has 0 saturated carbocycles. The van der Waals surface area contributed by atoms with Crippen molar-refractivity contribution in [3.8, 4) is 11.5 Å². The van der Waals surface area contributed by atoms with Crippen molar-refractivity contribution in [2.45, 2.75) is 6.92 Å². The van der Waals surface area contributed by atoms with Crippen LogP contribution >= 0.6 is 27.5 Å². The Kier molecular flexibility index (Phi) is 5.68. The first-order valence-electron chi connectivity index (χ1n) is 7.85. The van der Waals surface area contributed by atoms with Gasteiger partial charge in [0.2, 0.25) is 0 Å². The van der Waals surface area contributed by atoms with E-state index >= 15 is 0 Å². The summed E-state index contributed by atoms with van der Waals surface area (Å²) in [4.78, 5) is 23.4. The van der Waals surface area contributed by atoms with Crippen molar-refractivity contribution in [3.63, 3.8) is 0 Å². The molecular weight excluding hydrogens is 436 g/mol. The molecule has 1 heterocycles. The average Bonchev–Trinajstić information content (AvgIpc) is 2.98. The van der Waals surface area contributed by atoms with Gasteiger partial charge in [-0.1, -0.05) is 11.6 Å². The molecule has 0 amide bonds. The van der Waals surface area contributed by atoms with Crippen LogP contribution in [-0.2, 0) is 14.3 Å². The number of carbonyl (C=O) groups excluding carboxylic acids is 2.